The number of esters is 3. The Morgan fingerprint density at radius 3 is 2.10 bits per heavy atom. The number of aliphatic hydroxyl groups excluding tert-OH is 2. The molecule has 4 aliphatic rings. The van der Waals surface area contributed by atoms with Crippen molar-refractivity contribution in [2.24, 2.45) is 28.6 Å². The molecule has 1 amide bonds. The fourth-order valence-electron chi connectivity index (χ4n) is 9.87. The molecule has 4 unspecified atom stereocenters. The number of hydrogen-bond donors (Lipinski definition) is 4. The summed E-state index contributed by atoms with van der Waals surface area (Å²) in [6.07, 6.45) is -9.48. The van der Waals surface area contributed by atoms with Gasteiger partial charge in [0, 0.05) is 37.0 Å². The van der Waals surface area contributed by atoms with E-state index in [9.17, 15) is 44.1 Å². The zero-order valence-electron chi connectivity index (χ0n) is 33.9. The zero-order chi connectivity index (χ0) is 42.7. The fraction of sp³-hybridized carbons (Fsp3) is 0.581. The molecule has 2 bridgehead atoms. The minimum Gasteiger partial charge on any atom is -0.460 e. The summed E-state index contributed by atoms with van der Waals surface area (Å²) in [5, 5.41) is 39.3. The van der Waals surface area contributed by atoms with Crippen LogP contribution in [0.3, 0.4) is 0 Å². The van der Waals surface area contributed by atoms with Gasteiger partial charge in [-0.3, -0.25) is 14.4 Å². The molecule has 3 aliphatic carbocycles. The number of Topliss-reactive ketones (excluding diaryl/α,β-unsaturated/α-hetero) is 2. The second-order valence-corrected chi connectivity index (χ2v) is 17.9. The van der Waals surface area contributed by atoms with Crippen LogP contribution in [0.2, 0.25) is 0 Å². The van der Waals surface area contributed by atoms with Gasteiger partial charge in [0.05, 0.1) is 35.6 Å². The SMILES string of the molecule is CC(=O)O[C@@]12CO[C@@H]1C[C@H](O)[C@@]1(C)C(=O)C(=O)C3C(C)[C@@H](OC(=O)[C@H](O)C(NC(=O)OC(C)(C)C)c4ccccc4)C[C@@](O)([C@@H](OC(=O)c4ccccc4)C12)C3(C)C. The summed E-state index contributed by atoms with van der Waals surface area (Å²) in [5.41, 5.74) is -8.31. The number of aliphatic hydroxyl groups is 3. The molecule has 1 aliphatic heterocycles. The number of fused-ring (bicyclic) bond motifs is 5. The largest absolute Gasteiger partial charge is 0.460 e. The van der Waals surface area contributed by atoms with Crippen LogP contribution in [0.4, 0.5) is 4.79 Å². The minimum absolute atomic E-state index is 0.0747. The van der Waals surface area contributed by atoms with E-state index in [0.29, 0.717) is 5.56 Å². The number of nitrogens with one attached hydrogen (secondary N) is 1. The van der Waals surface area contributed by atoms with Gasteiger partial charge in [-0.2, -0.15) is 0 Å². The number of ketones is 2. The second-order valence-electron chi connectivity index (χ2n) is 17.9. The van der Waals surface area contributed by atoms with Crippen LogP contribution in [0.15, 0.2) is 60.7 Å². The van der Waals surface area contributed by atoms with Crippen molar-refractivity contribution in [2.45, 2.75) is 122 Å². The highest BCUT2D eigenvalue weighted by atomic mass is 16.6. The molecule has 12 atom stereocenters. The van der Waals surface area contributed by atoms with Gasteiger partial charge in [-0.25, -0.2) is 14.4 Å². The van der Waals surface area contributed by atoms with E-state index in [4.69, 9.17) is 23.7 Å². The van der Waals surface area contributed by atoms with E-state index in [-0.39, 0.29) is 18.6 Å². The highest BCUT2D eigenvalue weighted by Gasteiger charge is 2.79. The van der Waals surface area contributed by atoms with Crippen LogP contribution < -0.4 is 5.32 Å². The summed E-state index contributed by atoms with van der Waals surface area (Å²) in [7, 11) is 0. The first kappa shape index (κ1) is 42.9. The molecule has 0 aromatic heterocycles. The molecule has 2 aromatic rings. The number of amides is 1. The van der Waals surface area contributed by atoms with Crippen molar-refractivity contribution in [1.29, 1.82) is 0 Å². The van der Waals surface area contributed by atoms with Gasteiger partial charge in [-0.05, 0) is 45.4 Å². The molecule has 15 heteroatoms. The third-order valence-electron chi connectivity index (χ3n) is 12.9. The first-order chi connectivity index (χ1) is 27.0. The molecule has 314 valence electrons. The average Bonchev–Trinajstić information content (AvgIpc) is 3.14. The number of alkyl carbamates (subject to hydrolysis) is 1. The van der Waals surface area contributed by atoms with E-state index in [1.54, 1.807) is 90.1 Å². The Bertz CT molecular complexity index is 1950. The van der Waals surface area contributed by atoms with E-state index >= 15 is 0 Å². The molecule has 0 radical (unpaired) electrons. The van der Waals surface area contributed by atoms with Gasteiger partial charge in [0.25, 0.3) is 0 Å². The molecule has 1 heterocycles. The van der Waals surface area contributed by atoms with Gasteiger partial charge in [0.1, 0.15) is 29.5 Å². The lowest BCUT2D eigenvalue weighted by molar-refractivity contribution is -0.350. The maximum atomic E-state index is 14.9. The molecule has 3 saturated carbocycles. The van der Waals surface area contributed by atoms with Gasteiger partial charge in [-0.15, -0.1) is 0 Å². The van der Waals surface area contributed by atoms with Crippen molar-refractivity contribution in [2.75, 3.05) is 6.61 Å². The number of carbonyl (C=O) groups excluding carboxylic acids is 6. The molecule has 0 spiro atoms. The first-order valence-electron chi connectivity index (χ1n) is 19.5. The summed E-state index contributed by atoms with van der Waals surface area (Å²) >= 11 is 0. The smallest absolute Gasteiger partial charge is 0.408 e. The van der Waals surface area contributed by atoms with Gasteiger partial charge >= 0.3 is 24.0 Å². The summed E-state index contributed by atoms with van der Waals surface area (Å²) in [6, 6.07) is 14.6. The maximum absolute atomic E-state index is 14.9. The van der Waals surface area contributed by atoms with Crippen LogP contribution in [-0.2, 0) is 42.9 Å². The van der Waals surface area contributed by atoms with E-state index in [0.717, 1.165) is 6.92 Å². The molecule has 15 nitrogen and oxygen atoms in total. The Kier molecular flexibility index (Phi) is 11.2. The molecular weight excluding hydrogens is 754 g/mol. The molecule has 58 heavy (non-hydrogen) atoms. The number of ether oxygens (including phenoxy) is 5. The van der Waals surface area contributed by atoms with E-state index in [2.05, 4.69) is 5.32 Å². The lowest BCUT2D eigenvalue weighted by atomic mass is 9.42. The zero-order valence-corrected chi connectivity index (χ0v) is 33.9. The van der Waals surface area contributed by atoms with E-state index in [1.807, 2.05) is 0 Å². The van der Waals surface area contributed by atoms with Gasteiger partial charge < -0.3 is 44.3 Å². The van der Waals surface area contributed by atoms with Crippen molar-refractivity contribution in [3.05, 3.63) is 71.8 Å². The van der Waals surface area contributed by atoms with Crippen LogP contribution in [0.1, 0.15) is 90.2 Å². The molecule has 4 fully saturated rings. The monoisotopic (exact) mass is 807 g/mol. The van der Waals surface area contributed by atoms with Crippen LogP contribution in [0, 0.1) is 28.6 Å². The quantitative estimate of drug-likeness (QED) is 0.171. The summed E-state index contributed by atoms with van der Waals surface area (Å²) in [6.45, 7) is 11.8. The van der Waals surface area contributed by atoms with Crippen molar-refractivity contribution in [1.82, 2.24) is 5.32 Å². The number of benzene rings is 2. The van der Waals surface area contributed by atoms with Crippen LogP contribution in [-0.4, -0.2) is 105 Å². The van der Waals surface area contributed by atoms with Crippen molar-refractivity contribution in [3.8, 4) is 0 Å². The van der Waals surface area contributed by atoms with Crippen LogP contribution in [0.25, 0.3) is 0 Å². The highest BCUT2D eigenvalue weighted by Crippen LogP contribution is 2.64. The predicted octanol–water partition coefficient (Wildman–Crippen LogP) is 3.40. The lowest BCUT2D eigenvalue weighted by Gasteiger charge is -2.67. The van der Waals surface area contributed by atoms with Crippen molar-refractivity contribution >= 4 is 35.6 Å². The first-order valence-corrected chi connectivity index (χ1v) is 19.5. The lowest BCUT2D eigenvalue weighted by Crippen LogP contribution is -2.82. The third kappa shape index (κ3) is 7.09. The summed E-state index contributed by atoms with van der Waals surface area (Å²) in [4.78, 5) is 83.6. The van der Waals surface area contributed by atoms with Crippen LogP contribution >= 0.6 is 0 Å². The van der Waals surface area contributed by atoms with Crippen LogP contribution in [0.5, 0.6) is 0 Å². The van der Waals surface area contributed by atoms with E-state index in [1.165, 1.54) is 19.1 Å². The standard InChI is InChI=1S/C43H53NO14/c1-22-26(55-37(51)32(48)30(24-15-11-9-12-16-24)44-38(52)58-39(3,4)5)20-43(53)35(56-36(50)25-17-13-10-14-18-25)33-41(8,34(49)31(47)29(22)40(43,6)7)27(46)19-28-42(33,21-54-28)57-23(2)45/h9-18,22,26-30,32-33,35,46,48,53H,19-21H2,1-8H3,(H,44,52)/t22?,26-,27-,28+,29?,30?,32+,33?,35-,41+,42-,43+/m0/s1. The van der Waals surface area contributed by atoms with Gasteiger partial charge in [0.2, 0.25) is 11.6 Å². The molecular formula is C43H53NO14. The molecule has 6 rings (SSSR count). The van der Waals surface area contributed by atoms with Crippen molar-refractivity contribution < 1.29 is 67.8 Å². The fourth-order valence-corrected chi connectivity index (χ4v) is 9.87. The number of rotatable bonds is 8. The van der Waals surface area contributed by atoms with Gasteiger partial charge in [-0.1, -0.05) is 69.3 Å². The molecule has 1 saturated heterocycles. The Morgan fingerprint density at radius 1 is 0.948 bits per heavy atom. The maximum Gasteiger partial charge on any atom is 0.408 e. The normalized spacial score (nSPS) is 34.9. The Labute approximate surface area is 336 Å². The van der Waals surface area contributed by atoms with E-state index < -0.39 is 124 Å². The number of carbonyl (C=O) groups is 6. The topological polar surface area (TPSA) is 221 Å². The summed E-state index contributed by atoms with van der Waals surface area (Å²) in [5.74, 6) is -8.93. The Morgan fingerprint density at radius 2 is 1.55 bits per heavy atom. The Hall–Kier alpha value is -4.70. The molecule has 4 N–H and O–H groups in total. The number of hydrogen-bond acceptors (Lipinski definition) is 14. The molecule has 2 aromatic carbocycles. The third-order valence-corrected chi connectivity index (χ3v) is 12.9. The predicted molar refractivity (Wildman–Crippen MR) is 203 cm³/mol. The Balaban J connectivity index is 1.46. The van der Waals surface area contributed by atoms with Gasteiger partial charge in [0.15, 0.2) is 11.7 Å². The van der Waals surface area contributed by atoms with Crippen molar-refractivity contribution in [3.63, 3.8) is 0 Å². The minimum atomic E-state index is -2.36. The average molecular weight is 808 g/mol. The highest BCUT2D eigenvalue weighted by molar-refractivity contribution is 6.40. The second kappa shape index (κ2) is 15.2. The summed E-state index contributed by atoms with van der Waals surface area (Å²) < 4.78 is 29.5.